The van der Waals surface area contributed by atoms with Crippen LogP contribution >= 0.6 is 11.5 Å². The lowest BCUT2D eigenvalue weighted by atomic mass is 9.98. The lowest BCUT2D eigenvalue weighted by Crippen LogP contribution is -2.49. The fraction of sp³-hybridized carbons (Fsp3) is 0.545. The Morgan fingerprint density at radius 3 is 2.52 bits per heavy atom. The summed E-state index contributed by atoms with van der Waals surface area (Å²) in [5.74, 6) is -0.273. The molecule has 2 aromatic rings. The molecule has 1 N–H and O–H groups in total. The molecule has 6 nitrogen and oxygen atoms in total. The molecule has 0 radical (unpaired) electrons. The standard InChI is InChI=1S/C22H28N4O2S/c1-15-7-6-8-16(13-15)20(21(27)23-17-9-2-3-10-17)26(18-11-4-5-12-18)22(28)19-14-29-25-24-19/h6-8,13-14,17-18,20H,2-5,9-12H2,1H3,(H,23,27). The molecule has 0 spiro atoms. The molecule has 7 heteroatoms. The number of carbonyl (C=O) groups excluding carboxylic acids is 2. The van der Waals surface area contributed by atoms with Gasteiger partial charge >= 0.3 is 0 Å². The van der Waals surface area contributed by atoms with E-state index in [9.17, 15) is 9.59 Å². The predicted octanol–water partition coefficient (Wildman–Crippen LogP) is 4.03. The molecule has 2 saturated carbocycles. The van der Waals surface area contributed by atoms with Crippen molar-refractivity contribution in [2.24, 2.45) is 0 Å². The van der Waals surface area contributed by atoms with Gasteiger partial charge in [-0.3, -0.25) is 9.59 Å². The molecule has 1 heterocycles. The third-order valence-electron chi connectivity index (χ3n) is 6.12. The summed E-state index contributed by atoms with van der Waals surface area (Å²) in [5.41, 5.74) is 2.27. The van der Waals surface area contributed by atoms with Crippen LogP contribution in [0.5, 0.6) is 0 Å². The number of carbonyl (C=O) groups is 2. The Labute approximate surface area is 175 Å². The molecule has 0 bridgehead atoms. The van der Waals surface area contributed by atoms with E-state index in [1.165, 1.54) is 0 Å². The van der Waals surface area contributed by atoms with E-state index in [0.717, 1.165) is 74.0 Å². The number of rotatable bonds is 6. The summed E-state index contributed by atoms with van der Waals surface area (Å²) in [6.45, 7) is 2.02. The molecule has 2 aliphatic carbocycles. The van der Waals surface area contributed by atoms with Crippen LogP contribution in [-0.2, 0) is 4.79 Å². The molecule has 2 fully saturated rings. The molecule has 2 amide bonds. The van der Waals surface area contributed by atoms with Crippen molar-refractivity contribution in [3.63, 3.8) is 0 Å². The van der Waals surface area contributed by atoms with E-state index in [1.54, 1.807) is 10.3 Å². The van der Waals surface area contributed by atoms with Crippen molar-refractivity contribution in [1.29, 1.82) is 0 Å². The van der Waals surface area contributed by atoms with Crippen LogP contribution in [0, 0.1) is 6.92 Å². The van der Waals surface area contributed by atoms with E-state index in [0.29, 0.717) is 5.69 Å². The van der Waals surface area contributed by atoms with E-state index in [2.05, 4.69) is 14.9 Å². The van der Waals surface area contributed by atoms with Crippen molar-refractivity contribution < 1.29 is 9.59 Å². The largest absolute Gasteiger partial charge is 0.351 e. The number of aryl methyl sites for hydroxylation is 1. The second-order valence-corrected chi connectivity index (χ2v) is 8.86. The average molecular weight is 413 g/mol. The summed E-state index contributed by atoms with van der Waals surface area (Å²) in [6.07, 6.45) is 8.32. The number of aromatic nitrogens is 2. The molecular formula is C22H28N4O2S. The molecule has 1 aromatic heterocycles. The molecule has 0 aliphatic heterocycles. The number of nitrogens with zero attached hydrogens (tertiary/aromatic N) is 3. The highest BCUT2D eigenvalue weighted by molar-refractivity contribution is 7.03. The van der Waals surface area contributed by atoms with Gasteiger partial charge in [-0.25, -0.2) is 0 Å². The highest BCUT2D eigenvalue weighted by atomic mass is 32.1. The number of amides is 2. The smallest absolute Gasteiger partial charge is 0.276 e. The van der Waals surface area contributed by atoms with E-state index >= 15 is 0 Å². The van der Waals surface area contributed by atoms with Gasteiger partial charge in [-0.05, 0) is 49.7 Å². The van der Waals surface area contributed by atoms with Gasteiger partial charge in [0.2, 0.25) is 5.91 Å². The third-order valence-corrected chi connectivity index (χ3v) is 6.62. The van der Waals surface area contributed by atoms with Crippen molar-refractivity contribution in [3.05, 3.63) is 46.5 Å². The van der Waals surface area contributed by atoms with Crippen molar-refractivity contribution >= 4 is 23.3 Å². The zero-order valence-corrected chi connectivity index (χ0v) is 17.7. The maximum atomic E-state index is 13.5. The lowest BCUT2D eigenvalue weighted by molar-refractivity contribution is -0.127. The lowest BCUT2D eigenvalue weighted by Gasteiger charge is -2.36. The van der Waals surface area contributed by atoms with Gasteiger partial charge < -0.3 is 10.2 Å². The van der Waals surface area contributed by atoms with Crippen LogP contribution in [0.3, 0.4) is 0 Å². The minimum atomic E-state index is -0.646. The topological polar surface area (TPSA) is 75.2 Å². The van der Waals surface area contributed by atoms with Crippen molar-refractivity contribution in [3.8, 4) is 0 Å². The molecule has 1 unspecified atom stereocenters. The Bertz CT molecular complexity index is 842. The molecule has 1 aromatic carbocycles. The second-order valence-electron chi connectivity index (χ2n) is 8.25. The summed E-state index contributed by atoms with van der Waals surface area (Å²) >= 11 is 1.16. The first-order valence-electron chi connectivity index (χ1n) is 10.6. The first-order valence-corrected chi connectivity index (χ1v) is 11.4. The maximum Gasteiger partial charge on any atom is 0.276 e. The van der Waals surface area contributed by atoms with Crippen LogP contribution in [0.4, 0.5) is 0 Å². The Balaban J connectivity index is 1.72. The summed E-state index contributed by atoms with van der Waals surface area (Å²) < 4.78 is 3.87. The fourth-order valence-electron chi connectivity index (χ4n) is 4.70. The molecule has 4 rings (SSSR count). The molecule has 29 heavy (non-hydrogen) atoms. The zero-order chi connectivity index (χ0) is 20.2. The quantitative estimate of drug-likeness (QED) is 0.777. The van der Waals surface area contributed by atoms with Gasteiger partial charge in [0.25, 0.3) is 5.91 Å². The van der Waals surface area contributed by atoms with Crippen LogP contribution in [-0.4, -0.2) is 38.4 Å². The monoisotopic (exact) mass is 412 g/mol. The SMILES string of the molecule is Cc1cccc(C(C(=O)NC2CCCC2)N(C(=O)c2csnn2)C2CCCC2)c1. The van der Waals surface area contributed by atoms with E-state index < -0.39 is 6.04 Å². The van der Waals surface area contributed by atoms with Crippen LogP contribution in [0.1, 0.15) is 79.0 Å². The summed E-state index contributed by atoms with van der Waals surface area (Å²) in [4.78, 5) is 28.8. The van der Waals surface area contributed by atoms with Crippen molar-refractivity contribution in [1.82, 2.24) is 19.8 Å². The molecule has 2 aliphatic rings. The van der Waals surface area contributed by atoms with Crippen LogP contribution in [0.2, 0.25) is 0 Å². The van der Waals surface area contributed by atoms with Gasteiger partial charge in [-0.1, -0.05) is 60.0 Å². The average Bonchev–Trinajstić information content (AvgIpc) is 3.49. The highest BCUT2D eigenvalue weighted by Crippen LogP contribution is 2.34. The zero-order valence-electron chi connectivity index (χ0n) is 16.8. The highest BCUT2D eigenvalue weighted by Gasteiger charge is 2.39. The number of hydrogen-bond acceptors (Lipinski definition) is 5. The van der Waals surface area contributed by atoms with Gasteiger partial charge in [0.05, 0.1) is 0 Å². The second kappa shape index (κ2) is 9.03. The minimum Gasteiger partial charge on any atom is -0.351 e. The Morgan fingerprint density at radius 2 is 1.86 bits per heavy atom. The van der Waals surface area contributed by atoms with Crippen molar-refractivity contribution in [2.75, 3.05) is 0 Å². The normalized spacial score (nSPS) is 18.7. The molecular weight excluding hydrogens is 384 g/mol. The van der Waals surface area contributed by atoms with Gasteiger partial charge in [0.15, 0.2) is 5.69 Å². The third kappa shape index (κ3) is 4.50. The fourth-order valence-corrected chi connectivity index (χ4v) is 5.13. The van der Waals surface area contributed by atoms with Gasteiger partial charge in [0.1, 0.15) is 6.04 Å². The summed E-state index contributed by atoms with van der Waals surface area (Å²) in [7, 11) is 0. The van der Waals surface area contributed by atoms with Crippen molar-refractivity contribution in [2.45, 2.75) is 76.4 Å². The van der Waals surface area contributed by atoms with Gasteiger partial charge in [0, 0.05) is 17.5 Å². The van der Waals surface area contributed by atoms with Gasteiger partial charge in [-0.15, -0.1) is 5.10 Å². The van der Waals surface area contributed by atoms with Gasteiger partial charge in [-0.2, -0.15) is 0 Å². The Morgan fingerprint density at radius 1 is 1.14 bits per heavy atom. The first-order chi connectivity index (χ1) is 14.1. The van der Waals surface area contributed by atoms with Crippen LogP contribution in [0.15, 0.2) is 29.6 Å². The van der Waals surface area contributed by atoms with Crippen LogP contribution < -0.4 is 5.32 Å². The van der Waals surface area contributed by atoms with Crippen LogP contribution in [0.25, 0.3) is 0 Å². The predicted molar refractivity (Wildman–Crippen MR) is 113 cm³/mol. The first kappa shape index (κ1) is 20.0. The number of benzene rings is 1. The van der Waals surface area contributed by atoms with E-state index in [1.807, 2.05) is 31.2 Å². The molecule has 154 valence electrons. The number of hydrogen-bond donors (Lipinski definition) is 1. The van der Waals surface area contributed by atoms with E-state index in [4.69, 9.17) is 0 Å². The molecule has 0 saturated heterocycles. The summed E-state index contributed by atoms with van der Waals surface area (Å²) in [6, 6.07) is 7.56. The molecule has 1 atom stereocenters. The minimum absolute atomic E-state index is 0.0454. The number of nitrogens with one attached hydrogen (secondary N) is 1. The Kier molecular flexibility index (Phi) is 6.23. The summed E-state index contributed by atoms with van der Waals surface area (Å²) in [5, 5.41) is 8.92. The van der Waals surface area contributed by atoms with E-state index in [-0.39, 0.29) is 23.9 Å². The maximum absolute atomic E-state index is 13.5. The Hall–Kier alpha value is -2.28.